The van der Waals surface area contributed by atoms with Crippen molar-refractivity contribution in [3.8, 4) is 50.6 Å². The number of fused-ring (bicyclic) bond motifs is 9. The number of para-hydroxylation sites is 2. The minimum atomic E-state index is 0.647. The van der Waals surface area contributed by atoms with Crippen LogP contribution in [-0.2, 0) is 0 Å². The van der Waals surface area contributed by atoms with E-state index < -0.39 is 0 Å². The lowest BCUT2D eigenvalue weighted by Gasteiger charge is -2.11. The topological polar surface area (TPSA) is 28.2 Å². The van der Waals surface area contributed by atoms with Gasteiger partial charge in [-0.2, -0.15) is 5.26 Å². The van der Waals surface area contributed by atoms with Crippen LogP contribution in [0.4, 0.5) is 0 Å². The quantitative estimate of drug-likeness (QED) is 0.182. The highest BCUT2D eigenvalue weighted by Gasteiger charge is 2.19. The van der Waals surface area contributed by atoms with Crippen molar-refractivity contribution in [3.63, 3.8) is 0 Å². The van der Waals surface area contributed by atoms with Gasteiger partial charge in [0.2, 0.25) is 0 Å². The molecule has 11 aromatic rings. The zero-order valence-corrected chi connectivity index (χ0v) is 28.8. The molecule has 3 aromatic heterocycles. The van der Waals surface area contributed by atoms with E-state index in [9.17, 15) is 5.26 Å². The lowest BCUT2D eigenvalue weighted by Crippen LogP contribution is -1.87. The van der Waals surface area contributed by atoms with Gasteiger partial charge in [-0.3, -0.25) is 0 Å². The minimum absolute atomic E-state index is 0.647. The van der Waals surface area contributed by atoms with Gasteiger partial charge in [0.1, 0.15) is 0 Å². The molecular formula is C49H28N2S. The molecule has 0 aliphatic heterocycles. The molecule has 2 nitrogen and oxygen atoms in total. The van der Waals surface area contributed by atoms with E-state index in [-0.39, 0.29) is 0 Å². The summed E-state index contributed by atoms with van der Waals surface area (Å²) >= 11 is 1.85. The van der Waals surface area contributed by atoms with Crippen molar-refractivity contribution in [2.75, 3.05) is 0 Å². The Bertz CT molecular complexity index is 3180. The number of benzene rings is 8. The maximum Gasteiger partial charge on any atom is 0.0992 e. The first-order valence-corrected chi connectivity index (χ1v) is 18.4. The van der Waals surface area contributed by atoms with Gasteiger partial charge in [0, 0.05) is 41.7 Å². The van der Waals surface area contributed by atoms with E-state index in [1.807, 2.05) is 23.5 Å². The third-order valence-corrected chi connectivity index (χ3v) is 11.9. The number of hydrogen-bond donors (Lipinski definition) is 0. The Balaban J connectivity index is 1.04. The Hall–Kier alpha value is -6.73. The maximum atomic E-state index is 10.2. The molecule has 0 saturated carbocycles. The Morgan fingerprint density at radius 2 is 0.904 bits per heavy atom. The highest BCUT2D eigenvalue weighted by atomic mass is 32.1. The summed E-state index contributed by atoms with van der Waals surface area (Å²) in [5.41, 5.74) is 13.4. The third-order valence-electron chi connectivity index (χ3n) is 10.7. The van der Waals surface area contributed by atoms with Gasteiger partial charge >= 0.3 is 0 Å². The normalized spacial score (nSPS) is 11.8. The van der Waals surface area contributed by atoms with Gasteiger partial charge in [-0.25, -0.2) is 0 Å². The molecule has 11 rings (SSSR count). The number of rotatable bonds is 4. The SMILES string of the molecule is N#Cc1cc(-c2cccc(-c3cc4c5ccccc5n5c6ccccc6c(c3)c45)c2)cc(-c2cccc(-c3cccc4c3sc3ccccc34)c2)c1. The molecule has 0 N–H and O–H groups in total. The van der Waals surface area contributed by atoms with E-state index in [4.69, 9.17) is 0 Å². The average molecular weight is 677 g/mol. The van der Waals surface area contributed by atoms with E-state index in [0.29, 0.717) is 5.56 Å². The minimum Gasteiger partial charge on any atom is -0.308 e. The second kappa shape index (κ2) is 11.1. The van der Waals surface area contributed by atoms with E-state index >= 15 is 0 Å². The molecule has 0 bridgehead atoms. The molecule has 0 aliphatic carbocycles. The van der Waals surface area contributed by atoms with E-state index in [2.05, 4.69) is 168 Å². The van der Waals surface area contributed by atoms with Gasteiger partial charge < -0.3 is 4.40 Å². The molecule has 0 spiro atoms. The fourth-order valence-electron chi connectivity index (χ4n) is 8.36. The van der Waals surface area contributed by atoms with Gasteiger partial charge in [-0.05, 0) is 105 Å². The van der Waals surface area contributed by atoms with Crippen molar-refractivity contribution in [2.45, 2.75) is 0 Å². The van der Waals surface area contributed by atoms with Crippen LogP contribution in [0.5, 0.6) is 0 Å². The third kappa shape index (κ3) is 4.29. The summed E-state index contributed by atoms with van der Waals surface area (Å²) in [6.07, 6.45) is 0. The molecule has 0 aliphatic rings. The number of hydrogen-bond acceptors (Lipinski definition) is 2. The van der Waals surface area contributed by atoms with E-state index in [0.717, 1.165) is 27.8 Å². The molecule has 52 heavy (non-hydrogen) atoms. The molecule has 0 unspecified atom stereocenters. The first-order chi connectivity index (χ1) is 25.7. The molecule has 3 heterocycles. The highest BCUT2D eigenvalue weighted by molar-refractivity contribution is 7.26. The monoisotopic (exact) mass is 676 g/mol. The largest absolute Gasteiger partial charge is 0.308 e. The summed E-state index contributed by atoms with van der Waals surface area (Å²) in [6.45, 7) is 0. The molecule has 240 valence electrons. The number of aromatic nitrogens is 1. The second-order valence-corrected chi connectivity index (χ2v) is 14.7. The van der Waals surface area contributed by atoms with Crippen molar-refractivity contribution < 1.29 is 0 Å². The number of thiophene rings is 1. The standard InChI is InChI=1S/C49H28N2S/c50-29-30-22-35(26-36(23-30)33-12-8-13-34(25-33)38-17-9-18-42-41-16-3-6-21-47(41)52-49(38)42)31-10-7-11-32(24-31)37-27-43-39-14-1-4-19-45(39)51-46-20-5-2-15-40(46)44(28-37)48(43)51/h1-28H. The number of nitriles is 1. The van der Waals surface area contributed by atoms with Crippen LogP contribution in [0.2, 0.25) is 0 Å². The zero-order valence-electron chi connectivity index (χ0n) is 28.0. The van der Waals surface area contributed by atoms with Crippen molar-refractivity contribution in [3.05, 3.63) is 175 Å². The lowest BCUT2D eigenvalue weighted by molar-refractivity contribution is 1.37. The van der Waals surface area contributed by atoms with Crippen molar-refractivity contribution in [1.82, 2.24) is 4.40 Å². The van der Waals surface area contributed by atoms with E-state index in [1.54, 1.807) is 0 Å². The summed E-state index contributed by atoms with van der Waals surface area (Å²) in [4.78, 5) is 0. The Labute approximate surface area is 304 Å². The fourth-order valence-corrected chi connectivity index (χ4v) is 9.60. The second-order valence-electron chi connectivity index (χ2n) is 13.6. The van der Waals surface area contributed by atoms with Crippen LogP contribution in [0.1, 0.15) is 5.56 Å². The zero-order chi connectivity index (χ0) is 34.3. The Morgan fingerprint density at radius 3 is 1.56 bits per heavy atom. The average Bonchev–Trinajstić information content (AvgIpc) is 3.88. The van der Waals surface area contributed by atoms with Crippen LogP contribution in [0, 0.1) is 11.3 Å². The molecule has 0 saturated heterocycles. The van der Waals surface area contributed by atoms with Gasteiger partial charge in [0.05, 0.1) is 28.2 Å². The molecule has 0 fully saturated rings. The Kier molecular flexibility index (Phi) is 6.22. The summed E-state index contributed by atoms with van der Waals surface area (Å²) < 4.78 is 5.02. The molecule has 0 radical (unpaired) electrons. The molecule has 0 amide bonds. The molecule has 8 aromatic carbocycles. The number of nitrogens with zero attached hydrogens (tertiary/aromatic N) is 2. The van der Waals surface area contributed by atoms with Crippen LogP contribution < -0.4 is 0 Å². The van der Waals surface area contributed by atoms with Gasteiger partial charge in [0.15, 0.2) is 0 Å². The van der Waals surface area contributed by atoms with Crippen molar-refractivity contribution >= 4 is 69.6 Å². The molecule has 0 atom stereocenters. The highest BCUT2D eigenvalue weighted by Crippen LogP contribution is 2.43. The predicted octanol–water partition coefficient (Wildman–Crippen LogP) is 13.7. The fraction of sp³-hybridized carbons (Fsp3) is 0. The predicted molar refractivity (Wildman–Crippen MR) is 220 cm³/mol. The van der Waals surface area contributed by atoms with Gasteiger partial charge in [-0.15, -0.1) is 11.3 Å². The van der Waals surface area contributed by atoms with Crippen LogP contribution in [0.25, 0.3) is 103 Å². The molecular weight excluding hydrogens is 649 g/mol. The summed E-state index contributed by atoms with van der Waals surface area (Å²) in [6, 6.07) is 63.6. The lowest BCUT2D eigenvalue weighted by atomic mass is 9.92. The smallest absolute Gasteiger partial charge is 0.0992 e. The maximum absolute atomic E-state index is 10.2. The van der Waals surface area contributed by atoms with Crippen LogP contribution in [-0.4, -0.2) is 4.40 Å². The summed E-state index contributed by atoms with van der Waals surface area (Å²) in [7, 11) is 0. The molecule has 3 heteroatoms. The van der Waals surface area contributed by atoms with Crippen LogP contribution in [0.15, 0.2) is 170 Å². The Morgan fingerprint density at radius 1 is 0.404 bits per heavy atom. The van der Waals surface area contributed by atoms with Gasteiger partial charge in [0.25, 0.3) is 0 Å². The van der Waals surface area contributed by atoms with Crippen molar-refractivity contribution in [1.29, 1.82) is 5.26 Å². The van der Waals surface area contributed by atoms with Gasteiger partial charge in [-0.1, -0.05) is 109 Å². The first-order valence-electron chi connectivity index (χ1n) is 17.6. The van der Waals surface area contributed by atoms with E-state index in [1.165, 1.54) is 75.0 Å². The summed E-state index contributed by atoms with van der Waals surface area (Å²) in [5, 5.41) is 17.9. The van der Waals surface area contributed by atoms with Crippen LogP contribution >= 0.6 is 11.3 Å². The van der Waals surface area contributed by atoms with Crippen molar-refractivity contribution in [2.24, 2.45) is 0 Å². The first kappa shape index (κ1) is 29.0. The summed E-state index contributed by atoms with van der Waals surface area (Å²) in [5.74, 6) is 0. The van der Waals surface area contributed by atoms with Crippen LogP contribution in [0.3, 0.4) is 0 Å².